The molecule has 1 heterocycles. The number of anilines is 3. The molecule has 0 unspecified atom stereocenters. The van der Waals surface area contributed by atoms with Gasteiger partial charge in [0.1, 0.15) is 11.6 Å². The van der Waals surface area contributed by atoms with Crippen LogP contribution in [0.15, 0.2) is 30.6 Å². The third-order valence-electron chi connectivity index (χ3n) is 2.55. The van der Waals surface area contributed by atoms with Crippen molar-refractivity contribution in [3.63, 3.8) is 0 Å². The number of hydrogen-bond donors (Lipinski definition) is 2. The van der Waals surface area contributed by atoms with Gasteiger partial charge in [0.05, 0.1) is 23.6 Å². The van der Waals surface area contributed by atoms with Gasteiger partial charge < -0.3 is 10.6 Å². The molecular weight excluding hydrogens is 288 g/mol. The Morgan fingerprint density at radius 1 is 1.14 bits per heavy atom. The second kappa shape index (κ2) is 5.94. The molecule has 2 aromatic rings. The summed E-state index contributed by atoms with van der Waals surface area (Å²) in [6.45, 7) is 2.46. The van der Waals surface area contributed by atoms with Gasteiger partial charge in [0.15, 0.2) is 5.82 Å². The van der Waals surface area contributed by atoms with Crippen LogP contribution in [0.4, 0.5) is 34.9 Å². The molecule has 0 fully saturated rings. The lowest BCUT2D eigenvalue weighted by Gasteiger charge is -2.11. The first kappa shape index (κ1) is 15.0. The number of aromatic nitrogens is 2. The summed E-state index contributed by atoms with van der Waals surface area (Å²) >= 11 is 0. The minimum absolute atomic E-state index is 0.145. The number of alkyl halides is 3. The molecule has 2 N–H and O–H groups in total. The number of rotatable bonds is 4. The van der Waals surface area contributed by atoms with Crippen LogP contribution >= 0.6 is 0 Å². The monoisotopic (exact) mass is 300 g/mol. The zero-order valence-corrected chi connectivity index (χ0v) is 11.0. The van der Waals surface area contributed by atoms with Crippen molar-refractivity contribution in [1.82, 2.24) is 9.97 Å². The molecule has 4 nitrogen and oxygen atoms in total. The predicted octanol–water partition coefficient (Wildman–Crippen LogP) is 3.81. The normalized spacial score (nSPS) is 11.3. The smallest absolute Gasteiger partial charge is 0.369 e. The maximum atomic E-state index is 13.6. The van der Waals surface area contributed by atoms with Gasteiger partial charge in [-0.3, -0.25) is 4.98 Å². The third kappa shape index (κ3) is 3.80. The zero-order valence-electron chi connectivity index (χ0n) is 11.0. The highest BCUT2D eigenvalue weighted by atomic mass is 19.4. The van der Waals surface area contributed by atoms with E-state index in [-0.39, 0.29) is 11.5 Å². The van der Waals surface area contributed by atoms with Crippen LogP contribution in [0, 0.1) is 5.82 Å². The fourth-order valence-electron chi connectivity index (χ4n) is 1.63. The molecule has 0 saturated heterocycles. The summed E-state index contributed by atoms with van der Waals surface area (Å²) < 4.78 is 51.4. The van der Waals surface area contributed by atoms with E-state index in [1.807, 2.05) is 6.92 Å². The molecule has 21 heavy (non-hydrogen) atoms. The molecule has 112 valence electrons. The molecule has 1 aromatic heterocycles. The topological polar surface area (TPSA) is 49.8 Å². The van der Waals surface area contributed by atoms with Gasteiger partial charge in [-0.15, -0.1) is 0 Å². The van der Waals surface area contributed by atoms with Gasteiger partial charge in [0.2, 0.25) is 0 Å². The van der Waals surface area contributed by atoms with Crippen molar-refractivity contribution in [2.45, 2.75) is 13.1 Å². The maximum absolute atomic E-state index is 13.6. The highest BCUT2D eigenvalue weighted by Crippen LogP contribution is 2.32. The van der Waals surface area contributed by atoms with Gasteiger partial charge in [0.25, 0.3) is 0 Å². The van der Waals surface area contributed by atoms with E-state index in [0.29, 0.717) is 24.5 Å². The first-order chi connectivity index (χ1) is 9.90. The molecule has 0 radical (unpaired) electrons. The van der Waals surface area contributed by atoms with Crippen LogP contribution < -0.4 is 10.6 Å². The number of halogens is 4. The molecule has 0 aliphatic rings. The minimum atomic E-state index is -4.54. The third-order valence-corrected chi connectivity index (χ3v) is 2.55. The summed E-state index contributed by atoms with van der Waals surface area (Å²) in [5.41, 5.74) is -1.25. The largest absolute Gasteiger partial charge is 0.416 e. The van der Waals surface area contributed by atoms with Gasteiger partial charge in [-0.2, -0.15) is 13.2 Å². The van der Waals surface area contributed by atoms with E-state index < -0.39 is 17.6 Å². The average Bonchev–Trinajstić information content (AvgIpc) is 2.41. The zero-order chi connectivity index (χ0) is 15.5. The summed E-state index contributed by atoms with van der Waals surface area (Å²) in [7, 11) is 0. The Bertz CT molecular complexity index is 628. The predicted molar refractivity (Wildman–Crippen MR) is 70.9 cm³/mol. The highest BCUT2D eigenvalue weighted by Gasteiger charge is 2.31. The van der Waals surface area contributed by atoms with Crippen molar-refractivity contribution in [2.24, 2.45) is 0 Å². The summed E-state index contributed by atoms with van der Waals surface area (Å²) in [5.74, 6) is -0.222. The van der Waals surface area contributed by atoms with E-state index in [1.165, 1.54) is 12.4 Å². The van der Waals surface area contributed by atoms with E-state index in [0.717, 1.165) is 6.07 Å². The molecular formula is C13H12F4N4. The summed E-state index contributed by atoms with van der Waals surface area (Å²) in [6.07, 6.45) is -1.79. The minimum Gasteiger partial charge on any atom is -0.369 e. The molecule has 8 heteroatoms. The van der Waals surface area contributed by atoms with Crippen molar-refractivity contribution in [3.8, 4) is 0 Å². The molecule has 0 spiro atoms. The Balaban J connectivity index is 2.28. The lowest BCUT2D eigenvalue weighted by molar-refractivity contribution is -0.137. The van der Waals surface area contributed by atoms with Crippen LogP contribution in [0.2, 0.25) is 0 Å². The fourth-order valence-corrected chi connectivity index (χ4v) is 1.63. The molecule has 0 bridgehead atoms. The van der Waals surface area contributed by atoms with E-state index in [1.54, 1.807) is 0 Å². The first-order valence-electron chi connectivity index (χ1n) is 6.10. The highest BCUT2D eigenvalue weighted by molar-refractivity contribution is 5.58. The second-order valence-corrected chi connectivity index (χ2v) is 4.14. The molecule has 0 amide bonds. The van der Waals surface area contributed by atoms with Crippen LogP contribution in [-0.4, -0.2) is 16.5 Å². The van der Waals surface area contributed by atoms with Gasteiger partial charge in [0, 0.05) is 6.54 Å². The quantitative estimate of drug-likeness (QED) is 0.843. The van der Waals surface area contributed by atoms with E-state index in [4.69, 9.17) is 0 Å². The Hall–Kier alpha value is -2.38. The Morgan fingerprint density at radius 2 is 1.86 bits per heavy atom. The van der Waals surface area contributed by atoms with Gasteiger partial charge in [-0.25, -0.2) is 9.37 Å². The van der Waals surface area contributed by atoms with E-state index in [9.17, 15) is 17.6 Å². The molecule has 0 aliphatic heterocycles. The molecule has 1 aromatic carbocycles. The molecule has 0 aliphatic carbocycles. The van der Waals surface area contributed by atoms with Crippen molar-refractivity contribution >= 4 is 17.3 Å². The first-order valence-corrected chi connectivity index (χ1v) is 6.10. The number of nitrogens with zero attached hydrogens (tertiary/aromatic N) is 2. The van der Waals surface area contributed by atoms with E-state index in [2.05, 4.69) is 20.6 Å². The standard InChI is InChI=1S/C13H12F4N4/c1-2-19-11-6-18-7-12(21-11)20-10-5-8(13(15,16)17)3-4-9(10)14/h3-7H,2H2,1H3,(H2,19,20,21). The van der Waals surface area contributed by atoms with E-state index >= 15 is 0 Å². The van der Waals surface area contributed by atoms with Crippen LogP contribution in [0.3, 0.4) is 0 Å². The van der Waals surface area contributed by atoms with Gasteiger partial charge in [-0.05, 0) is 25.1 Å². The lowest BCUT2D eigenvalue weighted by Crippen LogP contribution is -2.07. The fraction of sp³-hybridized carbons (Fsp3) is 0.231. The summed E-state index contributed by atoms with van der Waals surface area (Å²) in [4.78, 5) is 7.93. The van der Waals surface area contributed by atoms with Crippen LogP contribution in [0.5, 0.6) is 0 Å². The SMILES string of the molecule is CCNc1cncc(Nc2cc(C(F)(F)F)ccc2F)n1. The summed E-state index contributed by atoms with van der Waals surface area (Å²) in [5, 5.41) is 5.39. The molecule has 2 rings (SSSR count). The van der Waals surface area contributed by atoms with Crippen LogP contribution in [0.1, 0.15) is 12.5 Å². The van der Waals surface area contributed by atoms with Gasteiger partial charge in [-0.1, -0.05) is 0 Å². The number of nitrogens with one attached hydrogen (secondary N) is 2. The van der Waals surface area contributed by atoms with Crippen molar-refractivity contribution in [1.29, 1.82) is 0 Å². The van der Waals surface area contributed by atoms with Crippen LogP contribution in [0.25, 0.3) is 0 Å². The Morgan fingerprint density at radius 3 is 2.52 bits per heavy atom. The summed E-state index contributed by atoms with van der Waals surface area (Å²) in [6, 6.07) is 2.13. The Kier molecular flexibility index (Phi) is 4.25. The van der Waals surface area contributed by atoms with Crippen molar-refractivity contribution in [2.75, 3.05) is 17.2 Å². The van der Waals surface area contributed by atoms with Crippen molar-refractivity contribution < 1.29 is 17.6 Å². The average molecular weight is 300 g/mol. The van der Waals surface area contributed by atoms with Crippen molar-refractivity contribution in [3.05, 3.63) is 42.0 Å². The number of benzene rings is 1. The Labute approximate surface area is 118 Å². The lowest BCUT2D eigenvalue weighted by atomic mass is 10.2. The number of hydrogen-bond acceptors (Lipinski definition) is 4. The molecule has 0 atom stereocenters. The maximum Gasteiger partial charge on any atom is 0.416 e. The molecule has 0 saturated carbocycles. The van der Waals surface area contributed by atoms with Gasteiger partial charge >= 0.3 is 6.18 Å². The van der Waals surface area contributed by atoms with Crippen LogP contribution in [-0.2, 0) is 6.18 Å². The second-order valence-electron chi connectivity index (χ2n) is 4.14.